The van der Waals surface area contributed by atoms with Crippen LogP contribution < -0.4 is 0 Å². The van der Waals surface area contributed by atoms with Gasteiger partial charge in [-0.15, -0.1) is 10.2 Å². The van der Waals surface area contributed by atoms with Gasteiger partial charge in [-0.1, -0.05) is 54.2 Å². The molecule has 0 unspecified atom stereocenters. The predicted octanol–water partition coefficient (Wildman–Crippen LogP) is 5.67. The maximum atomic E-state index is 13.6. The van der Waals surface area contributed by atoms with Crippen molar-refractivity contribution < 1.29 is 8.78 Å². The van der Waals surface area contributed by atoms with Crippen molar-refractivity contribution >= 4 is 11.8 Å². The SMILES string of the molecule is Fc1ccc(CN2CCC(c3nnc(SCc4cccnc4)n3Cc3ccccc3)CC2)cc1F. The maximum absolute atomic E-state index is 13.6. The van der Waals surface area contributed by atoms with Crippen LogP contribution >= 0.6 is 11.8 Å². The zero-order chi connectivity index (χ0) is 24.0. The molecule has 1 fully saturated rings. The molecule has 4 aromatic rings. The van der Waals surface area contributed by atoms with E-state index in [0.29, 0.717) is 12.5 Å². The van der Waals surface area contributed by atoms with E-state index in [2.05, 4.69) is 55.0 Å². The lowest BCUT2D eigenvalue weighted by Crippen LogP contribution is -2.33. The second-order valence-corrected chi connectivity index (χ2v) is 9.80. The van der Waals surface area contributed by atoms with Gasteiger partial charge in [-0.05, 0) is 60.8 Å². The summed E-state index contributed by atoms with van der Waals surface area (Å²) < 4.78 is 29.1. The number of pyridine rings is 1. The van der Waals surface area contributed by atoms with Crippen molar-refractivity contribution in [3.8, 4) is 0 Å². The third kappa shape index (κ3) is 5.94. The number of rotatable bonds is 8. The second-order valence-electron chi connectivity index (χ2n) is 8.86. The van der Waals surface area contributed by atoms with E-state index >= 15 is 0 Å². The zero-order valence-corrected chi connectivity index (χ0v) is 20.2. The highest BCUT2D eigenvalue weighted by Crippen LogP contribution is 2.31. The molecule has 0 saturated carbocycles. The molecular formula is C27H27F2N5S. The Morgan fingerprint density at radius 3 is 2.37 bits per heavy atom. The number of aromatic nitrogens is 4. The lowest BCUT2D eigenvalue weighted by molar-refractivity contribution is 0.199. The Morgan fingerprint density at radius 1 is 0.829 bits per heavy atom. The van der Waals surface area contributed by atoms with Crippen LogP contribution in [0.4, 0.5) is 8.78 Å². The second kappa shape index (κ2) is 11.1. The number of hydrogen-bond donors (Lipinski definition) is 0. The lowest BCUT2D eigenvalue weighted by atomic mass is 9.95. The van der Waals surface area contributed by atoms with Crippen LogP contribution in [0.1, 0.15) is 41.3 Å². The van der Waals surface area contributed by atoms with Gasteiger partial charge in [-0.25, -0.2) is 8.78 Å². The van der Waals surface area contributed by atoms with E-state index in [4.69, 9.17) is 0 Å². The third-order valence-electron chi connectivity index (χ3n) is 6.36. The fourth-order valence-corrected chi connectivity index (χ4v) is 5.38. The van der Waals surface area contributed by atoms with Crippen molar-refractivity contribution in [3.05, 3.63) is 107 Å². The fraction of sp³-hybridized carbons (Fsp3) is 0.296. The highest BCUT2D eigenvalue weighted by atomic mass is 32.2. The summed E-state index contributed by atoms with van der Waals surface area (Å²) in [6.45, 7) is 3.10. The average molecular weight is 492 g/mol. The van der Waals surface area contributed by atoms with Crippen LogP contribution in [0.15, 0.2) is 78.2 Å². The Labute approximate surface area is 208 Å². The van der Waals surface area contributed by atoms with Gasteiger partial charge in [0.2, 0.25) is 0 Å². The molecular weight excluding hydrogens is 464 g/mol. The van der Waals surface area contributed by atoms with Crippen LogP contribution in [0.3, 0.4) is 0 Å². The van der Waals surface area contributed by atoms with Gasteiger partial charge in [0.25, 0.3) is 0 Å². The normalized spacial score (nSPS) is 14.9. The molecule has 5 nitrogen and oxygen atoms in total. The number of likely N-dealkylation sites (tertiary alicyclic amines) is 1. The van der Waals surface area contributed by atoms with Gasteiger partial charge >= 0.3 is 0 Å². The van der Waals surface area contributed by atoms with Crippen LogP contribution in [0.25, 0.3) is 0 Å². The molecule has 0 bridgehead atoms. The summed E-state index contributed by atoms with van der Waals surface area (Å²) in [4.78, 5) is 6.50. The van der Waals surface area contributed by atoms with Gasteiger partial charge in [-0.3, -0.25) is 9.88 Å². The van der Waals surface area contributed by atoms with E-state index in [0.717, 1.165) is 60.3 Å². The maximum Gasteiger partial charge on any atom is 0.191 e. The summed E-state index contributed by atoms with van der Waals surface area (Å²) >= 11 is 1.68. The number of nitrogens with zero attached hydrogens (tertiary/aromatic N) is 5. The van der Waals surface area contributed by atoms with E-state index in [1.165, 1.54) is 17.7 Å². The largest absolute Gasteiger partial charge is 0.301 e. The first-order valence-corrected chi connectivity index (χ1v) is 12.8. The summed E-state index contributed by atoms with van der Waals surface area (Å²) in [6.07, 6.45) is 5.56. The Hall–Kier alpha value is -3.10. The molecule has 1 aliphatic rings. The minimum Gasteiger partial charge on any atom is -0.301 e. The molecule has 0 N–H and O–H groups in total. The molecule has 2 aromatic heterocycles. The summed E-state index contributed by atoms with van der Waals surface area (Å²) in [7, 11) is 0. The van der Waals surface area contributed by atoms with Crippen LogP contribution in [0.5, 0.6) is 0 Å². The van der Waals surface area contributed by atoms with E-state index in [-0.39, 0.29) is 0 Å². The average Bonchev–Trinajstić information content (AvgIpc) is 3.29. The molecule has 0 aliphatic carbocycles. The van der Waals surface area contributed by atoms with Gasteiger partial charge in [0.05, 0.1) is 6.54 Å². The molecule has 0 atom stereocenters. The van der Waals surface area contributed by atoms with Crippen molar-refractivity contribution in [2.45, 2.75) is 42.8 Å². The molecule has 0 amide bonds. The summed E-state index contributed by atoms with van der Waals surface area (Å²) in [5, 5.41) is 10.1. The monoisotopic (exact) mass is 491 g/mol. The summed E-state index contributed by atoms with van der Waals surface area (Å²) in [5.74, 6) is 0.522. The van der Waals surface area contributed by atoms with E-state index < -0.39 is 11.6 Å². The fourth-order valence-electron chi connectivity index (χ4n) is 4.50. The Morgan fingerprint density at radius 2 is 1.63 bits per heavy atom. The summed E-state index contributed by atoms with van der Waals surface area (Å²) in [5.41, 5.74) is 3.16. The zero-order valence-electron chi connectivity index (χ0n) is 19.4. The van der Waals surface area contributed by atoms with Crippen LogP contribution in [0.2, 0.25) is 0 Å². The van der Waals surface area contributed by atoms with Gasteiger partial charge in [0.15, 0.2) is 16.8 Å². The number of benzene rings is 2. The van der Waals surface area contributed by atoms with Crippen molar-refractivity contribution in [1.82, 2.24) is 24.6 Å². The van der Waals surface area contributed by atoms with E-state index in [1.807, 2.05) is 18.3 Å². The highest BCUT2D eigenvalue weighted by Gasteiger charge is 2.26. The van der Waals surface area contributed by atoms with E-state index in [1.54, 1.807) is 24.0 Å². The number of thioether (sulfide) groups is 1. The Kier molecular flexibility index (Phi) is 7.49. The Balaban J connectivity index is 1.29. The molecule has 8 heteroatoms. The molecule has 3 heterocycles. The molecule has 180 valence electrons. The van der Waals surface area contributed by atoms with Crippen LogP contribution in [0, 0.1) is 11.6 Å². The molecule has 1 saturated heterocycles. The van der Waals surface area contributed by atoms with Gasteiger partial charge < -0.3 is 4.57 Å². The molecule has 35 heavy (non-hydrogen) atoms. The van der Waals surface area contributed by atoms with Crippen molar-refractivity contribution in [3.63, 3.8) is 0 Å². The minimum absolute atomic E-state index is 0.306. The minimum atomic E-state index is -0.803. The first-order valence-electron chi connectivity index (χ1n) is 11.8. The number of halogens is 2. The Bertz CT molecular complexity index is 1240. The van der Waals surface area contributed by atoms with Gasteiger partial charge in [0, 0.05) is 30.6 Å². The van der Waals surface area contributed by atoms with Crippen molar-refractivity contribution in [1.29, 1.82) is 0 Å². The number of hydrogen-bond acceptors (Lipinski definition) is 5. The van der Waals surface area contributed by atoms with Crippen molar-refractivity contribution in [2.75, 3.05) is 13.1 Å². The standard InChI is InChI=1S/C27H27F2N5S/c28-24-9-8-21(15-25(24)29)17-33-13-10-23(11-14-33)26-31-32-27(35-19-22-7-4-12-30-16-22)34(26)18-20-5-2-1-3-6-20/h1-9,12,15-16,23H,10-11,13-14,17-19H2. The topological polar surface area (TPSA) is 46.8 Å². The first kappa shape index (κ1) is 23.6. The molecule has 5 rings (SSSR count). The number of piperidine rings is 1. The smallest absolute Gasteiger partial charge is 0.191 e. The van der Waals surface area contributed by atoms with Crippen molar-refractivity contribution in [2.24, 2.45) is 0 Å². The highest BCUT2D eigenvalue weighted by molar-refractivity contribution is 7.98. The molecule has 1 aliphatic heterocycles. The lowest BCUT2D eigenvalue weighted by Gasteiger charge is -2.31. The molecule has 0 radical (unpaired) electrons. The van der Waals surface area contributed by atoms with Crippen LogP contribution in [-0.2, 0) is 18.8 Å². The van der Waals surface area contributed by atoms with Gasteiger partial charge in [0.1, 0.15) is 5.82 Å². The van der Waals surface area contributed by atoms with E-state index in [9.17, 15) is 8.78 Å². The third-order valence-corrected chi connectivity index (χ3v) is 7.40. The van der Waals surface area contributed by atoms with Crippen LogP contribution in [-0.4, -0.2) is 37.7 Å². The first-order chi connectivity index (χ1) is 17.2. The predicted molar refractivity (Wildman–Crippen MR) is 133 cm³/mol. The van der Waals surface area contributed by atoms with Gasteiger partial charge in [-0.2, -0.15) is 0 Å². The molecule has 0 spiro atoms. The quantitative estimate of drug-likeness (QED) is 0.297. The summed E-state index contributed by atoms with van der Waals surface area (Å²) in [6, 6.07) is 18.6. The molecule has 2 aromatic carbocycles.